The van der Waals surface area contributed by atoms with E-state index in [2.05, 4.69) is 0 Å². The van der Waals surface area contributed by atoms with Crippen molar-refractivity contribution in [3.8, 4) is 0 Å². The molecule has 1 aliphatic rings. The molecule has 3 rings (SSSR count). The zero-order valence-corrected chi connectivity index (χ0v) is 11.1. The molecule has 2 aromatic carbocycles. The average molecular weight is 265 g/mol. The molecule has 1 aliphatic heterocycles. The molecule has 20 heavy (non-hydrogen) atoms. The number of nitrogens with zero attached hydrogens (tertiary/aromatic N) is 1. The first-order chi connectivity index (χ1) is 9.74. The summed E-state index contributed by atoms with van der Waals surface area (Å²) in [5.74, 6) is -0.137. The van der Waals surface area contributed by atoms with Crippen molar-refractivity contribution < 1.29 is 9.59 Å². The first-order valence-electron chi connectivity index (χ1n) is 6.68. The fourth-order valence-electron chi connectivity index (χ4n) is 2.54. The minimum atomic E-state index is -0.121. The van der Waals surface area contributed by atoms with Crippen LogP contribution in [0.3, 0.4) is 0 Å². The zero-order valence-electron chi connectivity index (χ0n) is 11.1. The molecule has 0 fully saturated rings. The fourth-order valence-corrected chi connectivity index (χ4v) is 2.54. The SMILES string of the molecule is O=C1CC(=O)N(Cc2ccccc2)c2ccccc2C1. The summed E-state index contributed by atoms with van der Waals surface area (Å²) in [5.41, 5.74) is 2.84. The summed E-state index contributed by atoms with van der Waals surface area (Å²) in [6, 6.07) is 17.5. The molecule has 0 bridgehead atoms. The number of carbonyl (C=O) groups is 2. The number of benzene rings is 2. The van der Waals surface area contributed by atoms with E-state index in [0.29, 0.717) is 13.0 Å². The van der Waals surface area contributed by atoms with Crippen LogP contribution < -0.4 is 4.90 Å². The molecule has 3 heteroatoms. The molecule has 1 amide bonds. The molecule has 0 aromatic heterocycles. The van der Waals surface area contributed by atoms with Gasteiger partial charge in [0.2, 0.25) is 5.91 Å². The van der Waals surface area contributed by atoms with Gasteiger partial charge in [0.15, 0.2) is 0 Å². The summed E-state index contributed by atoms with van der Waals surface area (Å²) in [6.07, 6.45) is 0.328. The third-order valence-corrected chi connectivity index (χ3v) is 3.50. The van der Waals surface area contributed by atoms with Crippen LogP contribution in [0.4, 0.5) is 5.69 Å². The van der Waals surface area contributed by atoms with E-state index in [0.717, 1.165) is 16.8 Å². The minimum Gasteiger partial charge on any atom is -0.307 e. The lowest BCUT2D eigenvalue weighted by atomic mass is 10.1. The van der Waals surface area contributed by atoms with Crippen molar-refractivity contribution in [1.29, 1.82) is 0 Å². The lowest BCUT2D eigenvalue weighted by Crippen LogP contribution is -2.30. The maximum atomic E-state index is 12.3. The Morgan fingerprint density at radius 2 is 1.55 bits per heavy atom. The van der Waals surface area contributed by atoms with Gasteiger partial charge >= 0.3 is 0 Å². The minimum absolute atomic E-state index is 0.0124. The number of carbonyl (C=O) groups excluding carboxylic acids is 2. The van der Waals surface area contributed by atoms with Crippen LogP contribution in [0.25, 0.3) is 0 Å². The van der Waals surface area contributed by atoms with E-state index < -0.39 is 0 Å². The quantitative estimate of drug-likeness (QED) is 0.783. The monoisotopic (exact) mass is 265 g/mol. The Morgan fingerprint density at radius 1 is 0.850 bits per heavy atom. The molecular weight excluding hydrogens is 250 g/mol. The Balaban J connectivity index is 2.00. The lowest BCUT2D eigenvalue weighted by molar-refractivity contribution is -0.126. The molecule has 0 N–H and O–H groups in total. The maximum Gasteiger partial charge on any atom is 0.234 e. The fraction of sp³-hybridized carbons (Fsp3) is 0.176. The summed E-state index contributed by atoms with van der Waals surface area (Å²) in [5, 5.41) is 0. The maximum absolute atomic E-state index is 12.3. The highest BCUT2D eigenvalue weighted by Gasteiger charge is 2.25. The number of hydrogen-bond acceptors (Lipinski definition) is 2. The summed E-state index contributed by atoms with van der Waals surface area (Å²) in [6.45, 7) is 0.504. The molecule has 2 aromatic rings. The van der Waals surface area contributed by atoms with Gasteiger partial charge in [0.1, 0.15) is 5.78 Å². The van der Waals surface area contributed by atoms with Crippen molar-refractivity contribution in [2.75, 3.05) is 4.90 Å². The van der Waals surface area contributed by atoms with E-state index in [9.17, 15) is 9.59 Å². The number of ketones is 1. The van der Waals surface area contributed by atoms with Gasteiger partial charge in [0.25, 0.3) is 0 Å². The summed E-state index contributed by atoms with van der Waals surface area (Å²) >= 11 is 0. The molecule has 0 aliphatic carbocycles. The molecule has 0 radical (unpaired) electrons. The van der Waals surface area contributed by atoms with Gasteiger partial charge in [-0.15, -0.1) is 0 Å². The van der Waals surface area contributed by atoms with Crippen LogP contribution in [0, 0.1) is 0 Å². The molecule has 0 unspecified atom stereocenters. The van der Waals surface area contributed by atoms with E-state index in [1.54, 1.807) is 4.90 Å². The second-order valence-corrected chi connectivity index (χ2v) is 4.99. The third-order valence-electron chi connectivity index (χ3n) is 3.50. The van der Waals surface area contributed by atoms with Crippen LogP contribution in [0.5, 0.6) is 0 Å². The topological polar surface area (TPSA) is 37.4 Å². The number of anilines is 1. The van der Waals surface area contributed by atoms with Gasteiger partial charge in [-0.25, -0.2) is 0 Å². The summed E-state index contributed by atoms with van der Waals surface area (Å²) < 4.78 is 0. The second-order valence-electron chi connectivity index (χ2n) is 4.99. The van der Waals surface area contributed by atoms with E-state index in [1.807, 2.05) is 54.6 Å². The van der Waals surface area contributed by atoms with E-state index in [4.69, 9.17) is 0 Å². The number of para-hydroxylation sites is 1. The van der Waals surface area contributed by atoms with Gasteiger partial charge in [-0.2, -0.15) is 0 Å². The molecule has 0 atom stereocenters. The molecule has 100 valence electrons. The standard InChI is InChI=1S/C17H15NO2/c19-15-10-14-8-4-5-9-16(14)18(17(20)11-15)12-13-6-2-1-3-7-13/h1-9H,10-12H2. The van der Waals surface area contributed by atoms with Gasteiger partial charge in [0.05, 0.1) is 13.0 Å². The number of Topliss-reactive ketones (excluding diaryl/α,β-unsaturated/α-hetero) is 1. The molecule has 0 saturated carbocycles. The Kier molecular flexibility index (Phi) is 3.33. The van der Waals surface area contributed by atoms with Crippen LogP contribution in [-0.4, -0.2) is 11.7 Å². The first kappa shape index (κ1) is 12.6. The van der Waals surface area contributed by atoms with Gasteiger partial charge in [0, 0.05) is 12.1 Å². The first-order valence-corrected chi connectivity index (χ1v) is 6.68. The molecular formula is C17H15NO2. The number of fused-ring (bicyclic) bond motifs is 1. The number of hydrogen-bond donors (Lipinski definition) is 0. The number of amides is 1. The third kappa shape index (κ3) is 2.48. The summed E-state index contributed by atoms with van der Waals surface area (Å²) in [7, 11) is 0. The lowest BCUT2D eigenvalue weighted by Gasteiger charge is -2.22. The van der Waals surface area contributed by atoms with E-state index in [-0.39, 0.29) is 18.1 Å². The van der Waals surface area contributed by atoms with E-state index in [1.165, 1.54) is 0 Å². The van der Waals surface area contributed by atoms with Gasteiger partial charge < -0.3 is 4.90 Å². The Morgan fingerprint density at radius 3 is 2.35 bits per heavy atom. The highest BCUT2D eigenvalue weighted by atomic mass is 16.2. The van der Waals surface area contributed by atoms with E-state index >= 15 is 0 Å². The molecule has 3 nitrogen and oxygen atoms in total. The van der Waals surface area contributed by atoms with Crippen molar-refractivity contribution in [2.24, 2.45) is 0 Å². The predicted octanol–water partition coefficient (Wildman–Crippen LogP) is 2.74. The normalized spacial score (nSPS) is 14.9. The van der Waals surface area contributed by atoms with Gasteiger partial charge in [-0.3, -0.25) is 9.59 Å². The van der Waals surface area contributed by atoms with Crippen molar-refractivity contribution in [3.63, 3.8) is 0 Å². The molecule has 0 saturated heterocycles. The predicted molar refractivity (Wildman–Crippen MR) is 77.4 cm³/mol. The van der Waals surface area contributed by atoms with Crippen LogP contribution in [0.15, 0.2) is 54.6 Å². The smallest absolute Gasteiger partial charge is 0.234 e. The largest absolute Gasteiger partial charge is 0.307 e. The number of rotatable bonds is 2. The van der Waals surface area contributed by atoms with Crippen LogP contribution in [-0.2, 0) is 22.6 Å². The Bertz CT molecular complexity index is 649. The van der Waals surface area contributed by atoms with Crippen molar-refractivity contribution in [3.05, 3.63) is 65.7 Å². The van der Waals surface area contributed by atoms with Gasteiger partial charge in [-0.05, 0) is 17.2 Å². The van der Waals surface area contributed by atoms with Crippen molar-refractivity contribution in [1.82, 2.24) is 0 Å². The Labute approximate surface area is 117 Å². The van der Waals surface area contributed by atoms with Crippen LogP contribution in [0.1, 0.15) is 17.5 Å². The van der Waals surface area contributed by atoms with Crippen LogP contribution in [0.2, 0.25) is 0 Å². The second kappa shape index (κ2) is 5.29. The summed E-state index contributed by atoms with van der Waals surface area (Å²) in [4.78, 5) is 25.8. The highest BCUT2D eigenvalue weighted by Crippen LogP contribution is 2.27. The van der Waals surface area contributed by atoms with Crippen LogP contribution >= 0.6 is 0 Å². The zero-order chi connectivity index (χ0) is 13.9. The van der Waals surface area contributed by atoms with Gasteiger partial charge in [-0.1, -0.05) is 48.5 Å². The van der Waals surface area contributed by atoms with Crippen molar-refractivity contribution in [2.45, 2.75) is 19.4 Å². The highest BCUT2D eigenvalue weighted by molar-refractivity contribution is 6.09. The molecule has 0 spiro atoms. The Hall–Kier alpha value is -2.42. The average Bonchev–Trinajstić information content (AvgIpc) is 2.57. The van der Waals surface area contributed by atoms with Crippen molar-refractivity contribution >= 4 is 17.4 Å². The molecule has 1 heterocycles.